The first kappa shape index (κ1) is 16.0. The molecule has 23 heavy (non-hydrogen) atoms. The van der Waals surface area contributed by atoms with Crippen molar-refractivity contribution >= 4 is 11.8 Å². The lowest BCUT2D eigenvalue weighted by molar-refractivity contribution is -0.130. The number of benzene rings is 1. The van der Waals surface area contributed by atoms with Gasteiger partial charge in [-0.05, 0) is 24.8 Å². The normalized spacial score (nSPS) is 22.5. The van der Waals surface area contributed by atoms with Crippen LogP contribution in [0.1, 0.15) is 37.7 Å². The van der Waals surface area contributed by atoms with Gasteiger partial charge in [-0.15, -0.1) is 0 Å². The highest BCUT2D eigenvalue weighted by atomic mass is 16.2. The molecule has 1 spiro atoms. The zero-order chi connectivity index (χ0) is 16.3. The van der Waals surface area contributed by atoms with Gasteiger partial charge in [-0.2, -0.15) is 0 Å². The molecule has 1 aliphatic heterocycles. The van der Waals surface area contributed by atoms with Crippen molar-refractivity contribution in [3.05, 3.63) is 35.9 Å². The molecule has 3 rings (SSSR count). The van der Waals surface area contributed by atoms with E-state index >= 15 is 0 Å². The molecule has 1 aromatic carbocycles. The van der Waals surface area contributed by atoms with Crippen LogP contribution in [0.5, 0.6) is 0 Å². The maximum atomic E-state index is 12.6. The highest BCUT2D eigenvalue weighted by Gasteiger charge is 2.51. The minimum absolute atomic E-state index is 0.0303. The van der Waals surface area contributed by atoms with E-state index in [1.54, 1.807) is 7.05 Å². The fraction of sp³-hybridized carbons (Fsp3) is 0.579. The van der Waals surface area contributed by atoms with Crippen molar-refractivity contribution in [1.29, 1.82) is 0 Å². The molecule has 124 valence electrons. The first-order valence-corrected chi connectivity index (χ1v) is 8.68. The number of hydrogen-bond donors (Lipinski definition) is 1. The molecule has 1 unspecified atom stereocenters. The molecule has 2 fully saturated rings. The summed E-state index contributed by atoms with van der Waals surface area (Å²) in [6, 6.07) is 10.1. The fourth-order valence-corrected chi connectivity index (χ4v) is 4.33. The zero-order valence-electron chi connectivity index (χ0n) is 13.9. The van der Waals surface area contributed by atoms with E-state index in [9.17, 15) is 9.59 Å². The Morgan fingerprint density at radius 2 is 1.91 bits per heavy atom. The molecule has 2 aliphatic rings. The quantitative estimate of drug-likeness (QED) is 0.927. The molecule has 1 N–H and O–H groups in total. The Morgan fingerprint density at radius 1 is 1.22 bits per heavy atom. The van der Waals surface area contributed by atoms with Gasteiger partial charge >= 0.3 is 0 Å². The summed E-state index contributed by atoms with van der Waals surface area (Å²) >= 11 is 0. The number of likely N-dealkylation sites (tertiary alicyclic amines) is 1. The highest BCUT2D eigenvalue weighted by Crippen LogP contribution is 2.49. The molecule has 4 nitrogen and oxygen atoms in total. The van der Waals surface area contributed by atoms with Crippen LogP contribution in [0, 0.1) is 11.3 Å². The van der Waals surface area contributed by atoms with Gasteiger partial charge in [0.05, 0.1) is 5.92 Å². The Hall–Kier alpha value is -1.84. The summed E-state index contributed by atoms with van der Waals surface area (Å²) in [5.74, 6) is 0.257. The van der Waals surface area contributed by atoms with Crippen LogP contribution in [0.15, 0.2) is 30.3 Å². The number of amides is 2. The van der Waals surface area contributed by atoms with Crippen LogP contribution in [0.4, 0.5) is 0 Å². The summed E-state index contributed by atoms with van der Waals surface area (Å²) in [4.78, 5) is 26.8. The van der Waals surface area contributed by atoms with Gasteiger partial charge < -0.3 is 10.2 Å². The molecule has 2 amide bonds. The fourth-order valence-electron chi connectivity index (χ4n) is 4.33. The lowest BCUT2D eigenvalue weighted by Crippen LogP contribution is -2.38. The molecule has 1 saturated heterocycles. The van der Waals surface area contributed by atoms with Crippen molar-refractivity contribution < 1.29 is 9.59 Å². The van der Waals surface area contributed by atoms with E-state index in [0.717, 1.165) is 25.8 Å². The number of aryl methyl sites for hydroxylation is 1. The van der Waals surface area contributed by atoms with Gasteiger partial charge in [0.15, 0.2) is 0 Å². The number of nitrogens with one attached hydrogen (secondary N) is 1. The zero-order valence-corrected chi connectivity index (χ0v) is 13.9. The molecule has 1 heterocycles. The molecule has 1 aliphatic carbocycles. The topological polar surface area (TPSA) is 49.4 Å². The largest absolute Gasteiger partial charge is 0.359 e. The first-order chi connectivity index (χ1) is 11.1. The lowest BCUT2D eigenvalue weighted by Gasteiger charge is -2.28. The van der Waals surface area contributed by atoms with E-state index in [1.165, 1.54) is 18.4 Å². The summed E-state index contributed by atoms with van der Waals surface area (Å²) in [5.41, 5.74) is 1.22. The average Bonchev–Trinajstić information content (AvgIpc) is 3.21. The Morgan fingerprint density at radius 3 is 2.57 bits per heavy atom. The number of rotatable bonds is 4. The SMILES string of the molecule is CNC(=O)C1CN(C(=O)CCc2ccccc2)CC12CCCC2. The third-order valence-electron chi connectivity index (χ3n) is 5.63. The molecule has 1 saturated carbocycles. The maximum Gasteiger partial charge on any atom is 0.225 e. The standard InChI is InChI=1S/C19H26N2O2/c1-20-18(23)16-13-21(14-19(16)11-5-6-12-19)17(22)10-9-15-7-3-2-4-8-15/h2-4,7-8,16H,5-6,9-14H2,1H3,(H,20,23). The molecule has 0 aromatic heterocycles. The molecule has 0 radical (unpaired) electrons. The van der Waals surface area contributed by atoms with Crippen molar-refractivity contribution in [3.63, 3.8) is 0 Å². The molecule has 4 heteroatoms. The van der Waals surface area contributed by atoms with Gasteiger partial charge in [-0.1, -0.05) is 43.2 Å². The first-order valence-electron chi connectivity index (χ1n) is 8.68. The summed E-state index contributed by atoms with van der Waals surface area (Å²) in [6.07, 6.45) is 5.81. The van der Waals surface area contributed by atoms with E-state index in [1.807, 2.05) is 23.1 Å². The molecule has 1 atom stereocenters. The highest BCUT2D eigenvalue weighted by molar-refractivity contribution is 5.83. The number of nitrogens with zero attached hydrogens (tertiary/aromatic N) is 1. The van der Waals surface area contributed by atoms with Gasteiger partial charge in [-0.3, -0.25) is 9.59 Å². The third-order valence-corrected chi connectivity index (χ3v) is 5.63. The van der Waals surface area contributed by atoms with Crippen molar-refractivity contribution in [2.24, 2.45) is 11.3 Å². The van der Waals surface area contributed by atoms with Crippen LogP contribution in [-0.2, 0) is 16.0 Å². The molecule has 1 aromatic rings. The summed E-state index contributed by atoms with van der Waals surface area (Å²) in [6.45, 7) is 1.35. The second kappa shape index (κ2) is 6.73. The van der Waals surface area contributed by atoms with Crippen LogP contribution < -0.4 is 5.32 Å². The van der Waals surface area contributed by atoms with Gasteiger partial charge in [0.1, 0.15) is 0 Å². The van der Waals surface area contributed by atoms with Crippen LogP contribution in [-0.4, -0.2) is 36.9 Å². The van der Waals surface area contributed by atoms with Crippen molar-refractivity contribution in [1.82, 2.24) is 10.2 Å². The van der Waals surface area contributed by atoms with Crippen LogP contribution >= 0.6 is 0 Å². The van der Waals surface area contributed by atoms with Gasteiger partial charge in [0.25, 0.3) is 0 Å². The Bertz CT molecular complexity index is 564. The Labute approximate surface area is 138 Å². The van der Waals surface area contributed by atoms with Crippen LogP contribution in [0.3, 0.4) is 0 Å². The summed E-state index contributed by atoms with van der Waals surface area (Å²) in [5, 5.41) is 2.80. The molecular weight excluding hydrogens is 288 g/mol. The predicted octanol–water partition coefficient (Wildman–Crippen LogP) is 2.38. The maximum absolute atomic E-state index is 12.6. The van der Waals surface area contributed by atoms with Gasteiger partial charge in [0, 0.05) is 32.0 Å². The van der Waals surface area contributed by atoms with Gasteiger partial charge in [-0.25, -0.2) is 0 Å². The van der Waals surface area contributed by atoms with E-state index in [2.05, 4.69) is 17.4 Å². The average molecular weight is 314 g/mol. The molecule has 0 bridgehead atoms. The predicted molar refractivity (Wildman–Crippen MR) is 89.8 cm³/mol. The van der Waals surface area contributed by atoms with Crippen molar-refractivity contribution in [2.75, 3.05) is 20.1 Å². The number of hydrogen-bond acceptors (Lipinski definition) is 2. The summed E-state index contributed by atoms with van der Waals surface area (Å²) < 4.78 is 0. The van der Waals surface area contributed by atoms with E-state index in [4.69, 9.17) is 0 Å². The van der Waals surface area contributed by atoms with Crippen LogP contribution in [0.25, 0.3) is 0 Å². The second-order valence-corrected chi connectivity index (χ2v) is 7.00. The van der Waals surface area contributed by atoms with Crippen molar-refractivity contribution in [2.45, 2.75) is 38.5 Å². The summed E-state index contributed by atoms with van der Waals surface area (Å²) in [7, 11) is 1.70. The Balaban J connectivity index is 1.64. The smallest absolute Gasteiger partial charge is 0.225 e. The lowest BCUT2D eigenvalue weighted by atomic mass is 9.76. The minimum atomic E-state index is -0.0318. The number of carbonyl (C=O) groups is 2. The van der Waals surface area contributed by atoms with E-state index in [0.29, 0.717) is 13.0 Å². The Kier molecular flexibility index (Phi) is 4.69. The van der Waals surface area contributed by atoms with Gasteiger partial charge in [0.2, 0.25) is 11.8 Å². The van der Waals surface area contributed by atoms with E-state index in [-0.39, 0.29) is 23.1 Å². The monoisotopic (exact) mass is 314 g/mol. The minimum Gasteiger partial charge on any atom is -0.359 e. The third kappa shape index (κ3) is 3.26. The molecular formula is C19H26N2O2. The van der Waals surface area contributed by atoms with Crippen LogP contribution in [0.2, 0.25) is 0 Å². The van der Waals surface area contributed by atoms with E-state index < -0.39 is 0 Å². The van der Waals surface area contributed by atoms with Crippen molar-refractivity contribution in [3.8, 4) is 0 Å². The second-order valence-electron chi connectivity index (χ2n) is 7.00. The number of carbonyl (C=O) groups excluding carboxylic acids is 2.